The Bertz CT molecular complexity index is 514. The third-order valence-corrected chi connectivity index (χ3v) is 3.85. The van der Waals surface area contributed by atoms with E-state index in [-0.39, 0.29) is 11.3 Å². The van der Waals surface area contributed by atoms with Crippen molar-refractivity contribution in [1.29, 1.82) is 0 Å². The molecule has 96 valence electrons. The molecule has 3 heteroatoms. The maximum absolute atomic E-state index is 11.5. The highest BCUT2D eigenvalue weighted by Gasteiger charge is 2.38. The Hall–Kier alpha value is -2.16. The summed E-state index contributed by atoms with van der Waals surface area (Å²) in [5, 5.41) is 2.99. The van der Waals surface area contributed by atoms with Crippen LogP contribution in [-0.2, 0) is 10.2 Å². The number of hydrogen-bond acceptors (Lipinski definition) is 2. The first-order valence-corrected chi connectivity index (χ1v) is 6.55. The van der Waals surface area contributed by atoms with E-state index in [2.05, 4.69) is 22.4 Å². The van der Waals surface area contributed by atoms with Crippen molar-refractivity contribution < 1.29 is 4.79 Å². The lowest BCUT2D eigenvalue weighted by atomic mass is 9.72. The van der Waals surface area contributed by atoms with E-state index in [1.54, 1.807) is 0 Å². The summed E-state index contributed by atoms with van der Waals surface area (Å²) in [5.74, 6) is 0.127. The molecule has 0 bridgehead atoms. The van der Waals surface area contributed by atoms with Crippen LogP contribution in [0, 0.1) is 0 Å². The van der Waals surface area contributed by atoms with Crippen LogP contribution in [0.5, 0.6) is 0 Å². The number of pyridine rings is 1. The zero-order valence-electron chi connectivity index (χ0n) is 10.7. The van der Waals surface area contributed by atoms with Crippen molar-refractivity contribution in [2.75, 3.05) is 6.54 Å². The summed E-state index contributed by atoms with van der Waals surface area (Å²) in [5.41, 5.74) is 2.05. The average Bonchev–Trinajstić information content (AvgIpc) is 2.50. The molecular formula is C16H16N2O. The Kier molecular flexibility index (Phi) is 3.03. The number of nitrogens with zero attached hydrogens (tertiary/aromatic N) is 1. The first kappa shape index (κ1) is 11.9. The van der Waals surface area contributed by atoms with E-state index >= 15 is 0 Å². The van der Waals surface area contributed by atoms with Crippen molar-refractivity contribution in [1.82, 2.24) is 10.3 Å². The second-order valence-electron chi connectivity index (χ2n) is 4.94. The summed E-state index contributed by atoms with van der Waals surface area (Å²) >= 11 is 0. The van der Waals surface area contributed by atoms with Crippen LogP contribution in [0.1, 0.15) is 24.1 Å². The van der Waals surface area contributed by atoms with Crippen LogP contribution in [0.2, 0.25) is 0 Å². The number of aromatic nitrogens is 1. The highest BCUT2D eigenvalue weighted by atomic mass is 16.1. The highest BCUT2D eigenvalue weighted by Crippen LogP contribution is 2.36. The molecule has 1 fully saturated rings. The van der Waals surface area contributed by atoms with Crippen LogP contribution in [-0.4, -0.2) is 17.4 Å². The molecule has 1 N–H and O–H groups in total. The number of amides is 1. The van der Waals surface area contributed by atoms with Gasteiger partial charge in [-0.15, -0.1) is 0 Å². The fourth-order valence-corrected chi connectivity index (χ4v) is 2.77. The summed E-state index contributed by atoms with van der Waals surface area (Å²) in [7, 11) is 0. The summed E-state index contributed by atoms with van der Waals surface area (Å²) in [4.78, 5) is 16.0. The topological polar surface area (TPSA) is 42.0 Å². The molecule has 19 heavy (non-hydrogen) atoms. The number of nitrogens with one attached hydrogen (secondary N) is 1. The molecule has 1 amide bonds. The van der Waals surface area contributed by atoms with Gasteiger partial charge in [-0.2, -0.15) is 0 Å². The van der Waals surface area contributed by atoms with Gasteiger partial charge in [-0.1, -0.05) is 36.4 Å². The first-order valence-electron chi connectivity index (χ1n) is 6.55. The van der Waals surface area contributed by atoms with Gasteiger partial charge < -0.3 is 5.32 Å². The predicted molar refractivity (Wildman–Crippen MR) is 73.7 cm³/mol. The standard InChI is InChI=1S/C16H16N2O/c19-15-9-10-16(12-18-15,13-6-2-1-3-7-13)14-8-4-5-11-17-14/h1-8,11H,9-10,12H2,(H,18,19). The third kappa shape index (κ3) is 2.12. The van der Waals surface area contributed by atoms with Gasteiger partial charge in [-0.3, -0.25) is 9.78 Å². The maximum Gasteiger partial charge on any atom is 0.220 e. The minimum absolute atomic E-state index is 0.127. The Morgan fingerprint density at radius 2 is 1.84 bits per heavy atom. The van der Waals surface area contributed by atoms with Crippen molar-refractivity contribution in [3.63, 3.8) is 0 Å². The third-order valence-electron chi connectivity index (χ3n) is 3.85. The molecule has 1 aliphatic heterocycles. The van der Waals surface area contributed by atoms with E-state index in [4.69, 9.17) is 0 Å². The molecule has 1 atom stereocenters. The van der Waals surface area contributed by atoms with Crippen LogP contribution < -0.4 is 5.32 Å². The quantitative estimate of drug-likeness (QED) is 0.891. The molecule has 1 saturated heterocycles. The summed E-state index contributed by atoms with van der Waals surface area (Å²) < 4.78 is 0. The van der Waals surface area contributed by atoms with Crippen LogP contribution >= 0.6 is 0 Å². The number of rotatable bonds is 2. The van der Waals surface area contributed by atoms with E-state index in [0.29, 0.717) is 13.0 Å². The molecule has 0 radical (unpaired) electrons. The van der Waals surface area contributed by atoms with Crippen molar-refractivity contribution in [2.24, 2.45) is 0 Å². The average molecular weight is 252 g/mol. The lowest BCUT2D eigenvalue weighted by molar-refractivity contribution is -0.123. The van der Waals surface area contributed by atoms with Gasteiger partial charge in [-0.05, 0) is 24.1 Å². The molecule has 0 aliphatic carbocycles. The van der Waals surface area contributed by atoms with Crippen molar-refractivity contribution in [3.8, 4) is 0 Å². The van der Waals surface area contributed by atoms with E-state index in [9.17, 15) is 4.79 Å². The number of benzene rings is 1. The summed E-state index contributed by atoms with van der Waals surface area (Å²) in [6.45, 7) is 0.618. The second-order valence-corrected chi connectivity index (χ2v) is 4.94. The van der Waals surface area contributed by atoms with Gasteiger partial charge in [-0.25, -0.2) is 0 Å². The minimum Gasteiger partial charge on any atom is -0.355 e. The SMILES string of the molecule is O=C1CCC(c2ccccc2)(c2ccccn2)CN1. The van der Waals surface area contributed by atoms with Crippen molar-refractivity contribution in [2.45, 2.75) is 18.3 Å². The van der Waals surface area contributed by atoms with E-state index in [0.717, 1.165) is 12.1 Å². The Labute approximate surface area is 112 Å². The van der Waals surface area contributed by atoms with E-state index in [1.807, 2.05) is 42.6 Å². The van der Waals surface area contributed by atoms with E-state index < -0.39 is 0 Å². The molecule has 3 rings (SSSR count). The number of carbonyl (C=O) groups is 1. The fourth-order valence-electron chi connectivity index (χ4n) is 2.77. The van der Waals surface area contributed by atoms with Crippen LogP contribution in [0.3, 0.4) is 0 Å². The summed E-state index contributed by atoms with van der Waals surface area (Å²) in [6, 6.07) is 16.3. The number of carbonyl (C=O) groups excluding carboxylic acids is 1. The molecule has 1 aromatic carbocycles. The molecule has 2 aromatic rings. The molecule has 3 nitrogen and oxygen atoms in total. The van der Waals surface area contributed by atoms with Crippen molar-refractivity contribution >= 4 is 5.91 Å². The Morgan fingerprint density at radius 1 is 1.05 bits per heavy atom. The number of piperidine rings is 1. The molecule has 2 heterocycles. The van der Waals surface area contributed by atoms with Gasteiger partial charge in [0.1, 0.15) is 0 Å². The lowest BCUT2D eigenvalue weighted by Crippen LogP contribution is -2.47. The molecule has 0 saturated carbocycles. The van der Waals surface area contributed by atoms with Gasteiger partial charge in [0.25, 0.3) is 0 Å². The molecule has 1 aromatic heterocycles. The van der Waals surface area contributed by atoms with Crippen LogP contribution in [0.15, 0.2) is 54.7 Å². The molecule has 1 aliphatic rings. The monoisotopic (exact) mass is 252 g/mol. The fraction of sp³-hybridized carbons (Fsp3) is 0.250. The van der Waals surface area contributed by atoms with Gasteiger partial charge in [0, 0.05) is 19.2 Å². The van der Waals surface area contributed by atoms with Gasteiger partial charge in [0.15, 0.2) is 0 Å². The second kappa shape index (κ2) is 4.84. The zero-order chi connectivity index (χ0) is 13.1. The first-order chi connectivity index (χ1) is 9.31. The van der Waals surface area contributed by atoms with Crippen molar-refractivity contribution in [3.05, 3.63) is 66.0 Å². The maximum atomic E-state index is 11.5. The summed E-state index contributed by atoms with van der Waals surface area (Å²) in [6.07, 6.45) is 3.17. The molecule has 1 unspecified atom stereocenters. The predicted octanol–water partition coefficient (Wildman–Crippen LogP) is 2.28. The normalized spacial score (nSPS) is 22.8. The van der Waals surface area contributed by atoms with Gasteiger partial charge in [0.2, 0.25) is 5.91 Å². The lowest BCUT2D eigenvalue weighted by Gasteiger charge is -2.37. The molecule has 0 spiro atoms. The van der Waals surface area contributed by atoms with Gasteiger partial charge in [0.05, 0.1) is 11.1 Å². The van der Waals surface area contributed by atoms with E-state index in [1.165, 1.54) is 5.56 Å². The Balaban J connectivity index is 2.09. The number of hydrogen-bond donors (Lipinski definition) is 1. The van der Waals surface area contributed by atoms with Gasteiger partial charge >= 0.3 is 0 Å². The Morgan fingerprint density at radius 3 is 2.47 bits per heavy atom. The largest absolute Gasteiger partial charge is 0.355 e. The van der Waals surface area contributed by atoms with Crippen LogP contribution in [0.25, 0.3) is 0 Å². The smallest absolute Gasteiger partial charge is 0.220 e. The minimum atomic E-state index is -0.198. The zero-order valence-corrected chi connectivity index (χ0v) is 10.7. The van der Waals surface area contributed by atoms with Crippen LogP contribution in [0.4, 0.5) is 0 Å². The highest BCUT2D eigenvalue weighted by molar-refractivity contribution is 5.77. The molecular weight excluding hydrogens is 236 g/mol.